The van der Waals surface area contributed by atoms with Gasteiger partial charge in [0.05, 0.1) is 5.56 Å². The Morgan fingerprint density at radius 2 is 1.40 bits per heavy atom. The average molecular weight is 404 g/mol. The Bertz CT molecular complexity index is 1030. The van der Waals surface area contributed by atoms with Crippen molar-refractivity contribution >= 4 is 23.5 Å². The highest BCUT2D eigenvalue weighted by atomic mass is 16.6. The lowest BCUT2D eigenvalue weighted by molar-refractivity contribution is -0.149. The zero-order valence-electron chi connectivity index (χ0n) is 16.0. The van der Waals surface area contributed by atoms with Gasteiger partial charge in [-0.1, -0.05) is 54.6 Å². The smallest absolute Gasteiger partial charge is 0.344 e. The zero-order valence-corrected chi connectivity index (χ0v) is 16.0. The number of amides is 2. The van der Waals surface area contributed by atoms with E-state index in [1.165, 1.54) is 12.1 Å². The van der Waals surface area contributed by atoms with Crippen molar-refractivity contribution in [1.29, 1.82) is 0 Å². The molecule has 7 nitrogen and oxygen atoms in total. The number of benzene rings is 3. The molecule has 3 rings (SSSR count). The van der Waals surface area contributed by atoms with Crippen LogP contribution >= 0.6 is 0 Å². The maximum absolute atomic E-state index is 12.0. The molecule has 3 aromatic carbocycles. The average Bonchev–Trinajstić information content (AvgIpc) is 2.77. The van der Waals surface area contributed by atoms with E-state index in [-0.39, 0.29) is 11.3 Å². The van der Waals surface area contributed by atoms with Gasteiger partial charge >= 0.3 is 5.97 Å². The summed E-state index contributed by atoms with van der Waals surface area (Å²) in [6.07, 6.45) is 0. The predicted molar refractivity (Wildman–Crippen MR) is 112 cm³/mol. The lowest BCUT2D eigenvalue weighted by Crippen LogP contribution is -2.24. The van der Waals surface area contributed by atoms with Gasteiger partial charge < -0.3 is 20.5 Å². The highest BCUT2D eigenvalue weighted by Crippen LogP contribution is 2.21. The van der Waals surface area contributed by atoms with Crippen LogP contribution in [0.5, 0.6) is 5.75 Å². The number of primary amides is 1. The monoisotopic (exact) mass is 404 g/mol. The largest absolute Gasteiger partial charge is 0.481 e. The number of nitrogens with two attached hydrogens (primary N) is 1. The van der Waals surface area contributed by atoms with E-state index in [2.05, 4.69) is 5.32 Å². The minimum atomic E-state index is -0.746. The summed E-state index contributed by atoms with van der Waals surface area (Å²) in [5.74, 6) is -1.72. The Morgan fingerprint density at radius 1 is 0.767 bits per heavy atom. The number of hydrogen-bond donors (Lipinski definition) is 2. The fourth-order valence-electron chi connectivity index (χ4n) is 2.69. The number of ether oxygens (including phenoxy) is 2. The fraction of sp³-hybridized carbons (Fsp3) is 0.0870. The molecule has 0 aliphatic rings. The van der Waals surface area contributed by atoms with E-state index in [4.69, 9.17) is 15.2 Å². The minimum Gasteiger partial charge on any atom is -0.481 e. The van der Waals surface area contributed by atoms with Gasteiger partial charge in [-0.2, -0.15) is 0 Å². The predicted octanol–water partition coefficient (Wildman–Crippen LogP) is 3.01. The molecule has 0 aliphatic heterocycles. The standard InChI is InChI=1S/C23H20N2O5/c24-23(28)19-8-4-5-9-20(19)29-15-22(27)30-14-21(26)25-18-12-10-17(11-13-18)16-6-2-1-3-7-16/h1-13H,14-15H2,(H2,24,28)(H,25,26). The molecule has 3 aromatic rings. The van der Waals surface area contributed by atoms with Crippen molar-refractivity contribution in [2.75, 3.05) is 18.5 Å². The van der Waals surface area contributed by atoms with Crippen LogP contribution in [0.4, 0.5) is 5.69 Å². The molecular weight excluding hydrogens is 384 g/mol. The van der Waals surface area contributed by atoms with Gasteiger partial charge in [-0.15, -0.1) is 0 Å². The molecule has 0 heterocycles. The first-order chi connectivity index (χ1) is 14.5. The number of rotatable bonds is 8. The molecule has 0 bridgehead atoms. The van der Waals surface area contributed by atoms with Crippen molar-refractivity contribution in [2.45, 2.75) is 0 Å². The van der Waals surface area contributed by atoms with Gasteiger partial charge in [0.1, 0.15) is 5.75 Å². The normalized spacial score (nSPS) is 10.1. The van der Waals surface area contributed by atoms with Crippen LogP contribution < -0.4 is 15.8 Å². The van der Waals surface area contributed by atoms with E-state index in [0.29, 0.717) is 5.69 Å². The summed E-state index contributed by atoms with van der Waals surface area (Å²) in [6, 6.07) is 23.4. The van der Waals surface area contributed by atoms with Gasteiger partial charge in [0.2, 0.25) is 0 Å². The molecule has 0 saturated heterocycles. The van der Waals surface area contributed by atoms with Crippen molar-refractivity contribution in [1.82, 2.24) is 0 Å². The van der Waals surface area contributed by atoms with Crippen molar-refractivity contribution in [3.63, 3.8) is 0 Å². The number of carbonyl (C=O) groups is 3. The number of nitrogens with one attached hydrogen (secondary N) is 1. The highest BCUT2D eigenvalue weighted by Gasteiger charge is 2.12. The second-order valence-electron chi connectivity index (χ2n) is 6.30. The van der Waals surface area contributed by atoms with E-state index in [1.54, 1.807) is 24.3 Å². The van der Waals surface area contributed by atoms with Crippen LogP contribution in [-0.4, -0.2) is 31.0 Å². The van der Waals surface area contributed by atoms with E-state index < -0.39 is 31.0 Å². The van der Waals surface area contributed by atoms with Crippen LogP contribution in [0.15, 0.2) is 78.9 Å². The molecule has 152 valence electrons. The van der Waals surface area contributed by atoms with E-state index in [9.17, 15) is 14.4 Å². The summed E-state index contributed by atoms with van der Waals surface area (Å²) in [7, 11) is 0. The van der Waals surface area contributed by atoms with Crippen LogP contribution in [0.25, 0.3) is 11.1 Å². The van der Waals surface area contributed by atoms with E-state index in [1.807, 2.05) is 42.5 Å². The van der Waals surface area contributed by atoms with Gasteiger partial charge in [0.15, 0.2) is 13.2 Å². The highest BCUT2D eigenvalue weighted by molar-refractivity contribution is 5.95. The van der Waals surface area contributed by atoms with Gasteiger partial charge in [0.25, 0.3) is 11.8 Å². The number of para-hydroxylation sites is 1. The molecule has 2 amide bonds. The van der Waals surface area contributed by atoms with Crippen LogP contribution in [0.1, 0.15) is 10.4 Å². The summed E-state index contributed by atoms with van der Waals surface area (Å²) in [4.78, 5) is 35.1. The van der Waals surface area contributed by atoms with Crippen molar-refractivity contribution in [3.8, 4) is 16.9 Å². The van der Waals surface area contributed by atoms with Gasteiger partial charge in [0, 0.05) is 5.69 Å². The third kappa shape index (κ3) is 5.68. The van der Waals surface area contributed by atoms with Crippen molar-refractivity contribution in [2.24, 2.45) is 5.73 Å². The van der Waals surface area contributed by atoms with E-state index in [0.717, 1.165) is 11.1 Å². The number of hydrogen-bond acceptors (Lipinski definition) is 5. The number of anilines is 1. The van der Waals surface area contributed by atoms with Crippen LogP contribution in [0.3, 0.4) is 0 Å². The summed E-state index contributed by atoms with van der Waals surface area (Å²) < 4.78 is 10.2. The Hall–Kier alpha value is -4.13. The molecule has 30 heavy (non-hydrogen) atoms. The Morgan fingerprint density at radius 3 is 2.10 bits per heavy atom. The molecule has 0 fully saturated rings. The molecule has 0 atom stereocenters. The lowest BCUT2D eigenvalue weighted by Gasteiger charge is -2.10. The second kappa shape index (κ2) is 9.88. The SMILES string of the molecule is NC(=O)c1ccccc1OCC(=O)OCC(=O)Nc1ccc(-c2ccccc2)cc1. The quantitative estimate of drug-likeness (QED) is 0.561. The molecule has 3 N–H and O–H groups in total. The lowest BCUT2D eigenvalue weighted by atomic mass is 10.1. The number of carbonyl (C=O) groups excluding carboxylic acids is 3. The fourth-order valence-corrected chi connectivity index (χ4v) is 2.69. The summed E-state index contributed by atoms with van der Waals surface area (Å²) in [5, 5.41) is 2.66. The van der Waals surface area contributed by atoms with Crippen LogP contribution in [0, 0.1) is 0 Å². The summed E-state index contributed by atoms with van der Waals surface area (Å²) in [6.45, 7) is -0.913. The molecule has 0 saturated carbocycles. The minimum absolute atomic E-state index is 0.155. The van der Waals surface area contributed by atoms with Crippen LogP contribution in [0.2, 0.25) is 0 Å². The Kier molecular flexibility index (Phi) is 6.78. The molecule has 0 aromatic heterocycles. The first kappa shape index (κ1) is 20.6. The summed E-state index contributed by atoms with van der Waals surface area (Å²) in [5.41, 5.74) is 8.08. The van der Waals surface area contributed by atoms with Gasteiger partial charge in [-0.25, -0.2) is 4.79 Å². The van der Waals surface area contributed by atoms with Gasteiger partial charge in [-0.3, -0.25) is 9.59 Å². The van der Waals surface area contributed by atoms with Crippen molar-refractivity contribution < 1.29 is 23.9 Å². The molecular formula is C23H20N2O5. The molecule has 0 spiro atoms. The molecule has 0 radical (unpaired) electrons. The molecule has 0 unspecified atom stereocenters. The molecule has 7 heteroatoms. The van der Waals surface area contributed by atoms with Gasteiger partial charge in [-0.05, 0) is 35.4 Å². The first-order valence-electron chi connectivity index (χ1n) is 9.15. The van der Waals surface area contributed by atoms with Crippen LogP contribution in [-0.2, 0) is 14.3 Å². The first-order valence-corrected chi connectivity index (χ1v) is 9.15. The van der Waals surface area contributed by atoms with E-state index >= 15 is 0 Å². The number of esters is 1. The molecule has 0 aliphatic carbocycles. The maximum atomic E-state index is 12.0. The topological polar surface area (TPSA) is 108 Å². The zero-order chi connectivity index (χ0) is 21.3. The maximum Gasteiger partial charge on any atom is 0.344 e. The third-order valence-corrected chi connectivity index (χ3v) is 4.14. The second-order valence-corrected chi connectivity index (χ2v) is 6.30. The summed E-state index contributed by atoms with van der Waals surface area (Å²) >= 11 is 0. The third-order valence-electron chi connectivity index (χ3n) is 4.14. The Balaban J connectivity index is 1.45. The van der Waals surface area contributed by atoms with Crippen molar-refractivity contribution in [3.05, 3.63) is 84.4 Å². The Labute approximate surface area is 173 Å².